The molecular weight excluding hydrogens is 280 g/mol. The maximum atomic E-state index is 10.2. The first-order valence-corrected chi connectivity index (χ1v) is 7.69. The van der Waals surface area contributed by atoms with E-state index in [9.17, 15) is 5.11 Å². The second-order valence-corrected chi connectivity index (χ2v) is 5.90. The van der Waals surface area contributed by atoms with Gasteiger partial charge in [-0.25, -0.2) is 0 Å². The predicted octanol–water partition coefficient (Wildman–Crippen LogP) is 2.41. The minimum Gasteiger partial charge on any atom is -0.468 e. The molecule has 0 unspecified atom stereocenters. The van der Waals surface area contributed by atoms with Gasteiger partial charge in [-0.15, -0.1) is 0 Å². The number of ether oxygens (including phenoxy) is 1. The number of rotatable bonds is 9. The molecule has 22 heavy (non-hydrogen) atoms. The fourth-order valence-electron chi connectivity index (χ4n) is 2.35. The van der Waals surface area contributed by atoms with Crippen molar-refractivity contribution < 1.29 is 14.3 Å². The molecule has 0 saturated heterocycles. The summed E-state index contributed by atoms with van der Waals surface area (Å²) < 4.78 is 13.0. The zero-order chi connectivity index (χ0) is 15.9. The number of furan rings is 1. The van der Waals surface area contributed by atoms with Gasteiger partial charge < -0.3 is 18.8 Å². The van der Waals surface area contributed by atoms with Crippen molar-refractivity contribution in [2.75, 3.05) is 13.2 Å². The lowest BCUT2D eigenvalue weighted by molar-refractivity contribution is -0.0116. The monoisotopic (exact) mass is 306 g/mol. The first-order chi connectivity index (χ1) is 10.5. The summed E-state index contributed by atoms with van der Waals surface area (Å²) in [5.74, 6) is 0.895. The summed E-state index contributed by atoms with van der Waals surface area (Å²) in [6.45, 7) is 6.24. The molecule has 2 aromatic rings. The molecule has 5 nitrogen and oxygen atoms in total. The van der Waals surface area contributed by atoms with Crippen LogP contribution in [0.4, 0.5) is 0 Å². The quantitative estimate of drug-likeness (QED) is 0.773. The van der Waals surface area contributed by atoms with Crippen molar-refractivity contribution in [2.45, 2.75) is 39.1 Å². The molecule has 122 valence electrons. The van der Waals surface area contributed by atoms with Gasteiger partial charge in [0.15, 0.2) is 0 Å². The van der Waals surface area contributed by atoms with E-state index in [0.29, 0.717) is 19.7 Å². The van der Waals surface area contributed by atoms with Crippen molar-refractivity contribution in [1.29, 1.82) is 0 Å². The van der Waals surface area contributed by atoms with E-state index in [0.717, 1.165) is 12.3 Å². The Morgan fingerprint density at radius 3 is 2.68 bits per heavy atom. The number of hydrogen-bond donors (Lipinski definition) is 1. The van der Waals surface area contributed by atoms with E-state index in [1.165, 1.54) is 5.69 Å². The minimum atomic E-state index is -0.516. The third-order valence-corrected chi connectivity index (χ3v) is 3.49. The fraction of sp³-hybridized carbons (Fsp3) is 0.529. The van der Waals surface area contributed by atoms with E-state index >= 15 is 0 Å². The Labute approximate surface area is 132 Å². The summed E-state index contributed by atoms with van der Waals surface area (Å²) in [5.41, 5.74) is 1.20. The van der Waals surface area contributed by atoms with Crippen molar-refractivity contribution in [3.8, 4) is 0 Å². The van der Waals surface area contributed by atoms with Gasteiger partial charge in [-0.05, 0) is 38.1 Å². The molecule has 0 amide bonds. The first kappa shape index (κ1) is 16.8. The molecular formula is C17H26N2O3. The van der Waals surface area contributed by atoms with Gasteiger partial charge in [0.1, 0.15) is 5.76 Å². The van der Waals surface area contributed by atoms with Crippen molar-refractivity contribution in [3.05, 3.63) is 48.2 Å². The molecule has 0 bridgehead atoms. The van der Waals surface area contributed by atoms with Crippen LogP contribution in [0.1, 0.15) is 25.3 Å². The minimum absolute atomic E-state index is 0.126. The summed E-state index contributed by atoms with van der Waals surface area (Å²) in [7, 11) is 2.03. The van der Waals surface area contributed by atoms with Gasteiger partial charge in [-0.2, -0.15) is 0 Å². The van der Waals surface area contributed by atoms with E-state index in [-0.39, 0.29) is 6.10 Å². The van der Waals surface area contributed by atoms with E-state index in [2.05, 4.69) is 15.5 Å². The molecule has 1 atom stereocenters. The number of aryl methyl sites for hydroxylation is 1. The van der Waals surface area contributed by atoms with Gasteiger partial charge in [0.25, 0.3) is 0 Å². The van der Waals surface area contributed by atoms with Gasteiger partial charge >= 0.3 is 0 Å². The van der Waals surface area contributed by atoms with Crippen LogP contribution in [-0.4, -0.2) is 39.9 Å². The lowest BCUT2D eigenvalue weighted by Gasteiger charge is -2.25. The molecule has 2 heterocycles. The summed E-state index contributed by atoms with van der Waals surface area (Å²) in [4.78, 5) is 2.17. The van der Waals surface area contributed by atoms with Gasteiger partial charge in [0.2, 0.25) is 0 Å². The SMILES string of the molecule is CC(C)OC[C@@H](O)CN(Cc1ccco1)Cc1cccn1C. The highest BCUT2D eigenvalue weighted by Crippen LogP contribution is 2.12. The Balaban J connectivity index is 1.96. The van der Waals surface area contributed by atoms with Crippen LogP contribution < -0.4 is 0 Å². The van der Waals surface area contributed by atoms with Crippen LogP contribution in [0.2, 0.25) is 0 Å². The molecule has 0 aliphatic carbocycles. The highest BCUT2D eigenvalue weighted by molar-refractivity contribution is 5.07. The maximum Gasteiger partial charge on any atom is 0.117 e. The van der Waals surface area contributed by atoms with Crippen LogP contribution in [0.25, 0.3) is 0 Å². The predicted molar refractivity (Wildman–Crippen MR) is 85.3 cm³/mol. The maximum absolute atomic E-state index is 10.2. The zero-order valence-corrected chi connectivity index (χ0v) is 13.6. The Morgan fingerprint density at radius 1 is 1.27 bits per heavy atom. The molecule has 0 spiro atoms. The second-order valence-electron chi connectivity index (χ2n) is 5.90. The van der Waals surface area contributed by atoms with Crippen molar-refractivity contribution in [3.63, 3.8) is 0 Å². The first-order valence-electron chi connectivity index (χ1n) is 7.69. The normalized spacial score (nSPS) is 13.2. The lowest BCUT2D eigenvalue weighted by atomic mass is 10.2. The van der Waals surface area contributed by atoms with Gasteiger partial charge in [0, 0.05) is 32.0 Å². The smallest absolute Gasteiger partial charge is 0.117 e. The van der Waals surface area contributed by atoms with Crippen LogP contribution in [0.15, 0.2) is 41.1 Å². The van der Waals surface area contributed by atoms with Gasteiger partial charge in [0.05, 0.1) is 31.6 Å². The molecule has 0 saturated carbocycles. The Hall–Kier alpha value is -1.56. The Kier molecular flexibility index (Phi) is 6.24. The fourth-order valence-corrected chi connectivity index (χ4v) is 2.35. The molecule has 2 aromatic heterocycles. The van der Waals surface area contributed by atoms with Crippen molar-refractivity contribution in [2.24, 2.45) is 7.05 Å². The third kappa shape index (κ3) is 5.33. The molecule has 0 aromatic carbocycles. The molecule has 0 fully saturated rings. The van der Waals surface area contributed by atoms with Crippen LogP contribution in [-0.2, 0) is 24.9 Å². The molecule has 0 radical (unpaired) electrons. The Bertz CT molecular complexity index is 534. The highest BCUT2D eigenvalue weighted by atomic mass is 16.5. The molecule has 0 aliphatic rings. The number of hydrogen-bond acceptors (Lipinski definition) is 4. The standard InChI is InChI=1S/C17H26N2O3/c1-14(2)22-13-16(20)11-19(12-17-7-5-9-21-17)10-15-6-4-8-18(15)3/h4-9,14,16,20H,10-13H2,1-3H3/t16-/m0/s1. The van der Waals surface area contributed by atoms with Crippen LogP contribution in [0.3, 0.4) is 0 Å². The van der Waals surface area contributed by atoms with Gasteiger partial charge in [-0.3, -0.25) is 4.90 Å². The zero-order valence-electron chi connectivity index (χ0n) is 13.6. The summed E-state index contributed by atoms with van der Waals surface area (Å²) in [5, 5.41) is 10.2. The topological polar surface area (TPSA) is 50.8 Å². The number of aromatic nitrogens is 1. The number of aliphatic hydroxyl groups excluding tert-OH is 1. The van der Waals surface area contributed by atoms with Gasteiger partial charge in [-0.1, -0.05) is 0 Å². The van der Waals surface area contributed by atoms with E-state index in [1.807, 2.05) is 45.3 Å². The summed E-state index contributed by atoms with van der Waals surface area (Å²) in [6.07, 6.45) is 3.31. The summed E-state index contributed by atoms with van der Waals surface area (Å²) >= 11 is 0. The Morgan fingerprint density at radius 2 is 2.09 bits per heavy atom. The van der Waals surface area contributed by atoms with E-state index in [1.54, 1.807) is 6.26 Å². The largest absolute Gasteiger partial charge is 0.468 e. The van der Waals surface area contributed by atoms with Crippen LogP contribution in [0, 0.1) is 0 Å². The lowest BCUT2D eigenvalue weighted by Crippen LogP contribution is -2.35. The van der Waals surface area contributed by atoms with Crippen LogP contribution in [0.5, 0.6) is 0 Å². The van der Waals surface area contributed by atoms with E-state index in [4.69, 9.17) is 9.15 Å². The molecule has 5 heteroatoms. The molecule has 1 N–H and O–H groups in total. The highest BCUT2D eigenvalue weighted by Gasteiger charge is 2.16. The average Bonchev–Trinajstić information content (AvgIpc) is 3.09. The molecule has 0 aliphatic heterocycles. The second kappa shape index (κ2) is 8.17. The average molecular weight is 306 g/mol. The van der Waals surface area contributed by atoms with E-state index < -0.39 is 6.10 Å². The van der Waals surface area contributed by atoms with Crippen molar-refractivity contribution in [1.82, 2.24) is 9.47 Å². The van der Waals surface area contributed by atoms with Crippen molar-refractivity contribution >= 4 is 0 Å². The molecule has 2 rings (SSSR count). The number of nitrogens with zero attached hydrogens (tertiary/aromatic N) is 2. The third-order valence-electron chi connectivity index (χ3n) is 3.49. The summed E-state index contributed by atoms with van der Waals surface area (Å²) in [6, 6.07) is 7.95. The number of aliphatic hydroxyl groups is 1. The van der Waals surface area contributed by atoms with Crippen LogP contribution >= 0.6 is 0 Å².